The summed E-state index contributed by atoms with van der Waals surface area (Å²) in [6, 6.07) is 5.27. The molecule has 1 aromatic rings. The number of nitrogens with zero attached hydrogens (tertiary/aromatic N) is 2. The van der Waals surface area contributed by atoms with Gasteiger partial charge in [-0.25, -0.2) is 13.4 Å². The van der Waals surface area contributed by atoms with Gasteiger partial charge in [-0.1, -0.05) is 12.1 Å². The van der Waals surface area contributed by atoms with Crippen LogP contribution in [0.5, 0.6) is 11.5 Å². The van der Waals surface area contributed by atoms with E-state index in [1.54, 1.807) is 32.0 Å². The first-order valence-corrected chi connectivity index (χ1v) is 9.97. The van der Waals surface area contributed by atoms with E-state index in [1.807, 2.05) is 11.8 Å². The summed E-state index contributed by atoms with van der Waals surface area (Å²) in [5.41, 5.74) is 0.652. The highest BCUT2D eigenvalue weighted by atomic mass is 32.2. The van der Waals surface area contributed by atoms with E-state index in [9.17, 15) is 13.5 Å². The van der Waals surface area contributed by atoms with Crippen molar-refractivity contribution in [3.05, 3.63) is 23.8 Å². The third kappa shape index (κ3) is 4.18. The molecule has 1 fully saturated rings. The highest BCUT2D eigenvalue weighted by molar-refractivity contribution is 7.92. The van der Waals surface area contributed by atoms with Gasteiger partial charge >= 0.3 is 0 Å². The van der Waals surface area contributed by atoms with Gasteiger partial charge in [-0.2, -0.15) is 0 Å². The minimum Gasteiger partial charge on any atom is -0.504 e. The van der Waals surface area contributed by atoms with Gasteiger partial charge in [0.2, 0.25) is 0 Å². The van der Waals surface area contributed by atoms with Crippen molar-refractivity contribution in [3.8, 4) is 11.5 Å². The third-order valence-corrected chi connectivity index (χ3v) is 6.91. The molecule has 0 aromatic heterocycles. The van der Waals surface area contributed by atoms with Gasteiger partial charge in [-0.3, -0.25) is 0 Å². The minimum absolute atomic E-state index is 0.0751. The van der Waals surface area contributed by atoms with Crippen LogP contribution in [0.2, 0.25) is 0 Å². The van der Waals surface area contributed by atoms with Crippen LogP contribution in [0, 0.1) is 0 Å². The molecule has 1 saturated heterocycles. The predicted octanol–water partition coefficient (Wildman–Crippen LogP) is 1.38. The van der Waals surface area contributed by atoms with Crippen molar-refractivity contribution >= 4 is 15.8 Å². The Hall–Kier alpha value is -1.96. The monoisotopic (exact) mass is 369 g/mol. The van der Waals surface area contributed by atoms with Gasteiger partial charge in [0, 0.05) is 25.2 Å². The average Bonchev–Trinajstić information content (AvgIpc) is 2.55. The molecule has 0 spiro atoms. The highest BCUT2D eigenvalue weighted by Crippen LogP contribution is 2.30. The van der Waals surface area contributed by atoms with Crippen LogP contribution in [-0.2, 0) is 16.4 Å². The molecular formula is C17H27N3O4S. The van der Waals surface area contributed by atoms with Gasteiger partial charge in [0.15, 0.2) is 27.3 Å². The molecule has 2 rings (SSSR count). The minimum atomic E-state index is -3.11. The van der Waals surface area contributed by atoms with Gasteiger partial charge in [-0.05, 0) is 26.8 Å². The number of hydrogen-bond donors (Lipinski definition) is 2. The molecule has 25 heavy (non-hydrogen) atoms. The molecule has 1 heterocycles. The van der Waals surface area contributed by atoms with Crippen molar-refractivity contribution in [2.45, 2.75) is 32.1 Å². The number of aliphatic imine (C=N–C) groups is 1. The van der Waals surface area contributed by atoms with E-state index in [-0.39, 0.29) is 18.0 Å². The number of methoxy groups -OCH3 is 1. The summed E-state index contributed by atoms with van der Waals surface area (Å²) >= 11 is 0. The summed E-state index contributed by atoms with van der Waals surface area (Å²) in [6.07, 6.45) is 0. The topological polar surface area (TPSA) is 91.2 Å². The lowest BCUT2D eigenvalue weighted by Crippen LogP contribution is -2.57. The van der Waals surface area contributed by atoms with E-state index < -0.39 is 14.6 Å². The Labute approximate surface area is 149 Å². The maximum Gasteiger partial charge on any atom is 0.194 e. The van der Waals surface area contributed by atoms with Crippen LogP contribution >= 0.6 is 0 Å². The molecule has 7 nitrogen and oxygen atoms in total. The summed E-state index contributed by atoms with van der Waals surface area (Å²) in [7, 11) is -1.60. The van der Waals surface area contributed by atoms with Crippen LogP contribution in [0.25, 0.3) is 0 Å². The number of benzene rings is 1. The fourth-order valence-corrected chi connectivity index (χ4v) is 4.14. The summed E-state index contributed by atoms with van der Waals surface area (Å²) in [6.45, 7) is 7.18. The zero-order valence-electron chi connectivity index (χ0n) is 15.2. The van der Waals surface area contributed by atoms with Crippen molar-refractivity contribution in [2.24, 2.45) is 4.99 Å². The number of para-hydroxylation sites is 1. The van der Waals surface area contributed by atoms with Gasteiger partial charge in [0.05, 0.1) is 24.2 Å². The van der Waals surface area contributed by atoms with Crippen molar-refractivity contribution in [3.63, 3.8) is 0 Å². The number of nitrogens with one attached hydrogen (secondary N) is 1. The molecule has 1 aromatic carbocycles. The van der Waals surface area contributed by atoms with E-state index in [2.05, 4.69) is 10.3 Å². The number of ether oxygens (including phenoxy) is 1. The first-order chi connectivity index (χ1) is 11.7. The molecule has 140 valence electrons. The lowest BCUT2D eigenvalue weighted by atomic mass is 10.2. The van der Waals surface area contributed by atoms with Crippen LogP contribution in [0.4, 0.5) is 0 Å². The fourth-order valence-electron chi connectivity index (χ4n) is 2.77. The van der Waals surface area contributed by atoms with E-state index in [4.69, 9.17) is 4.74 Å². The highest BCUT2D eigenvalue weighted by Gasteiger charge is 2.40. The zero-order valence-corrected chi connectivity index (χ0v) is 16.1. The Bertz CT molecular complexity index is 744. The van der Waals surface area contributed by atoms with Gasteiger partial charge in [0.1, 0.15) is 0 Å². The summed E-state index contributed by atoms with van der Waals surface area (Å²) < 4.78 is 28.7. The Morgan fingerprint density at radius 1 is 1.44 bits per heavy atom. The molecular weight excluding hydrogens is 342 g/mol. The molecule has 0 unspecified atom stereocenters. The van der Waals surface area contributed by atoms with Crippen LogP contribution in [0.1, 0.15) is 26.3 Å². The van der Waals surface area contributed by atoms with Crippen LogP contribution in [0.15, 0.2) is 23.2 Å². The second kappa shape index (κ2) is 7.51. The Balaban J connectivity index is 2.22. The van der Waals surface area contributed by atoms with Crippen molar-refractivity contribution in [2.75, 3.05) is 32.5 Å². The van der Waals surface area contributed by atoms with Crippen LogP contribution in [0.3, 0.4) is 0 Å². The Kier molecular flexibility index (Phi) is 5.82. The van der Waals surface area contributed by atoms with Gasteiger partial charge in [0.25, 0.3) is 0 Å². The first-order valence-electron chi connectivity index (χ1n) is 8.32. The lowest BCUT2D eigenvalue weighted by molar-refractivity contribution is 0.353. The first kappa shape index (κ1) is 19.4. The molecule has 2 N–H and O–H groups in total. The second-order valence-electron chi connectivity index (χ2n) is 6.64. The van der Waals surface area contributed by atoms with E-state index in [1.165, 1.54) is 7.11 Å². The second-order valence-corrected chi connectivity index (χ2v) is 9.38. The van der Waals surface area contributed by atoms with Crippen molar-refractivity contribution in [1.82, 2.24) is 10.2 Å². The SMILES string of the molecule is CCNC(=NCc1cccc(OC)c1O)N1CCS(=O)(=O)C(C)(C)C1. The molecule has 0 bridgehead atoms. The summed E-state index contributed by atoms with van der Waals surface area (Å²) in [4.78, 5) is 6.54. The molecule has 0 aliphatic carbocycles. The Morgan fingerprint density at radius 3 is 2.76 bits per heavy atom. The standard InChI is InChI=1S/C17H27N3O4S/c1-5-18-16(20-9-10-25(22,23)17(2,3)12-20)19-11-13-7-6-8-14(24-4)15(13)21/h6-8,21H,5,9-12H2,1-4H3,(H,18,19). The summed E-state index contributed by atoms with van der Waals surface area (Å²) in [5.74, 6) is 1.23. The maximum absolute atomic E-state index is 12.2. The molecule has 0 atom stereocenters. The number of sulfone groups is 1. The van der Waals surface area contributed by atoms with Gasteiger partial charge in [-0.15, -0.1) is 0 Å². The number of hydrogen-bond acceptors (Lipinski definition) is 5. The quantitative estimate of drug-likeness (QED) is 0.615. The molecule has 0 saturated carbocycles. The van der Waals surface area contributed by atoms with Crippen LogP contribution in [-0.4, -0.2) is 61.6 Å². The van der Waals surface area contributed by atoms with Crippen molar-refractivity contribution < 1.29 is 18.3 Å². The number of guanidine groups is 1. The molecule has 8 heteroatoms. The smallest absolute Gasteiger partial charge is 0.194 e. The largest absolute Gasteiger partial charge is 0.504 e. The van der Waals surface area contributed by atoms with E-state index in [0.717, 1.165) is 0 Å². The molecule has 1 aliphatic rings. The fraction of sp³-hybridized carbons (Fsp3) is 0.588. The predicted molar refractivity (Wildman–Crippen MR) is 98.9 cm³/mol. The third-order valence-electron chi connectivity index (χ3n) is 4.38. The number of phenols is 1. The van der Waals surface area contributed by atoms with Crippen molar-refractivity contribution in [1.29, 1.82) is 0 Å². The van der Waals surface area contributed by atoms with Gasteiger partial charge < -0.3 is 20.1 Å². The van der Waals surface area contributed by atoms with E-state index in [0.29, 0.717) is 36.9 Å². The average molecular weight is 369 g/mol. The lowest BCUT2D eigenvalue weighted by Gasteiger charge is -2.39. The number of aromatic hydroxyl groups is 1. The molecule has 0 radical (unpaired) electrons. The number of phenolic OH excluding ortho intramolecular Hbond substituents is 1. The zero-order chi connectivity index (χ0) is 18.7. The van der Waals surface area contributed by atoms with Crippen LogP contribution < -0.4 is 10.1 Å². The summed E-state index contributed by atoms with van der Waals surface area (Å²) in [5, 5.41) is 13.4. The normalized spacial score (nSPS) is 19.5. The molecule has 0 amide bonds. The molecule has 1 aliphatic heterocycles. The Morgan fingerprint density at radius 2 is 2.16 bits per heavy atom. The maximum atomic E-state index is 12.2. The van der Waals surface area contributed by atoms with E-state index >= 15 is 0 Å². The number of rotatable bonds is 4.